The van der Waals surface area contributed by atoms with E-state index >= 15 is 0 Å². The minimum atomic E-state index is -0.430. The van der Waals surface area contributed by atoms with Gasteiger partial charge in [0, 0.05) is 18.4 Å². The Morgan fingerprint density at radius 2 is 2.08 bits per heavy atom. The second kappa shape index (κ2) is 7.09. The zero-order valence-corrected chi connectivity index (χ0v) is 14.5. The normalized spacial score (nSPS) is 14.9. The smallest absolute Gasteiger partial charge is 0.321 e. The van der Waals surface area contributed by atoms with Crippen LogP contribution in [-0.4, -0.2) is 32.8 Å². The first-order valence-corrected chi connectivity index (χ1v) is 8.80. The van der Waals surface area contributed by atoms with Gasteiger partial charge in [-0.1, -0.05) is 30.0 Å². The quantitative estimate of drug-likeness (QED) is 0.818. The standard InChI is InChI=1S/C17H20N4O2S/c1-11-5-3-4-6-14(11)21-10-9-18-17(21)24-12(2)15(22)20-16(23)19-13-7-8-13/h3-6,9-10,12-13H,7-8H2,1-2H3,(H2,19,20,22,23). The van der Waals surface area contributed by atoms with Crippen molar-refractivity contribution in [1.29, 1.82) is 0 Å². The summed E-state index contributed by atoms with van der Waals surface area (Å²) < 4.78 is 1.95. The van der Waals surface area contributed by atoms with Crippen molar-refractivity contribution < 1.29 is 9.59 Å². The number of aromatic nitrogens is 2. The molecule has 2 aromatic rings. The molecule has 3 amide bonds. The van der Waals surface area contributed by atoms with Crippen LogP contribution in [0, 0.1) is 6.92 Å². The topological polar surface area (TPSA) is 76.0 Å². The molecule has 1 heterocycles. The van der Waals surface area contributed by atoms with E-state index in [1.54, 1.807) is 13.1 Å². The molecule has 0 aliphatic heterocycles. The van der Waals surface area contributed by atoms with Gasteiger partial charge in [0.05, 0.1) is 10.9 Å². The molecule has 6 nitrogen and oxygen atoms in total. The Balaban J connectivity index is 1.65. The summed E-state index contributed by atoms with van der Waals surface area (Å²) in [7, 11) is 0. The number of amides is 3. The zero-order chi connectivity index (χ0) is 17.1. The number of nitrogens with one attached hydrogen (secondary N) is 2. The van der Waals surface area contributed by atoms with Crippen LogP contribution < -0.4 is 10.6 Å². The van der Waals surface area contributed by atoms with Crippen LogP contribution in [0.25, 0.3) is 5.69 Å². The molecule has 3 rings (SSSR count). The van der Waals surface area contributed by atoms with Gasteiger partial charge < -0.3 is 5.32 Å². The number of thioether (sulfide) groups is 1. The van der Waals surface area contributed by atoms with Gasteiger partial charge >= 0.3 is 6.03 Å². The number of carbonyl (C=O) groups is 2. The molecule has 1 saturated carbocycles. The number of nitrogens with zero attached hydrogens (tertiary/aromatic N) is 2. The molecule has 0 spiro atoms. The van der Waals surface area contributed by atoms with Crippen molar-refractivity contribution in [2.24, 2.45) is 0 Å². The Kier molecular flexibility index (Phi) is 4.89. The molecule has 1 atom stereocenters. The molecule has 0 saturated heterocycles. The molecule has 126 valence electrons. The van der Waals surface area contributed by atoms with Gasteiger partial charge in [0.25, 0.3) is 0 Å². The highest BCUT2D eigenvalue weighted by Crippen LogP contribution is 2.26. The van der Waals surface area contributed by atoms with Gasteiger partial charge in [0.15, 0.2) is 5.16 Å². The first-order chi connectivity index (χ1) is 11.5. The lowest BCUT2D eigenvalue weighted by molar-refractivity contribution is -0.119. The minimum absolute atomic E-state index is 0.223. The van der Waals surface area contributed by atoms with Gasteiger partial charge in [-0.3, -0.25) is 14.7 Å². The average Bonchev–Trinajstić information content (AvgIpc) is 3.24. The third-order valence-corrected chi connectivity index (χ3v) is 4.86. The Bertz CT molecular complexity index is 755. The number of rotatable bonds is 5. The van der Waals surface area contributed by atoms with Crippen molar-refractivity contribution in [2.45, 2.75) is 43.1 Å². The minimum Gasteiger partial charge on any atom is -0.335 e. The Hall–Kier alpha value is -2.28. The second-order valence-electron chi connectivity index (χ2n) is 5.86. The highest BCUT2D eigenvalue weighted by atomic mass is 32.2. The van der Waals surface area contributed by atoms with Gasteiger partial charge in [0.1, 0.15) is 0 Å². The predicted molar refractivity (Wildman–Crippen MR) is 93.3 cm³/mol. The molecule has 1 fully saturated rings. The first-order valence-electron chi connectivity index (χ1n) is 7.92. The summed E-state index contributed by atoms with van der Waals surface area (Å²) in [5.74, 6) is -0.322. The van der Waals surface area contributed by atoms with E-state index in [1.807, 2.05) is 42.0 Å². The molecular weight excluding hydrogens is 324 g/mol. The maximum absolute atomic E-state index is 12.2. The van der Waals surface area contributed by atoms with Crippen LogP contribution in [0.1, 0.15) is 25.3 Å². The molecule has 1 aliphatic rings. The number of benzene rings is 1. The molecule has 1 unspecified atom stereocenters. The van der Waals surface area contributed by atoms with Crippen LogP contribution in [0.2, 0.25) is 0 Å². The molecule has 1 aromatic carbocycles. The van der Waals surface area contributed by atoms with Crippen molar-refractivity contribution in [1.82, 2.24) is 20.2 Å². The van der Waals surface area contributed by atoms with Gasteiger partial charge in [-0.2, -0.15) is 0 Å². The summed E-state index contributed by atoms with van der Waals surface area (Å²) in [6.07, 6.45) is 5.55. The number of imide groups is 1. The third kappa shape index (κ3) is 3.97. The number of aryl methyl sites for hydroxylation is 1. The highest BCUT2D eigenvalue weighted by molar-refractivity contribution is 8.00. The Labute approximate surface area is 145 Å². The van der Waals surface area contributed by atoms with E-state index in [1.165, 1.54) is 11.8 Å². The predicted octanol–water partition coefficient (Wildman–Crippen LogP) is 2.65. The van der Waals surface area contributed by atoms with Gasteiger partial charge in [-0.15, -0.1) is 0 Å². The van der Waals surface area contributed by atoms with Crippen LogP contribution in [0.4, 0.5) is 4.79 Å². The summed E-state index contributed by atoms with van der Waals surface area (Å²) >= 11 is 1.32. The fraction of sp³-hybridized carbons (Fsp3) is 0.353. The van der Waals surface area contributed by atoms with Crippen molar-refractivity contribution in [3.8, 4) is 5.69 Å². The Morgan fingerprint density at radius 3 is 2.79 bits per heavy atom. The van der Waals surface area contributed by atoms with Gasteiger partial charge in [-0.05, 0) is 38.3 Å². The number of imidazole rings is 1. The van der Waals surface area contributed by atoms with Gasteiger partial charge in [-0.25, -0.2) is 9.78 Å². The van der Waals surface area contributed by atoms with Gasteiger partial charge in [0.2, 0.25) is 5.91 Å². The molecule has 2 N–H and O–H groups in total. The molecule has 7 heteroatoms. The summed E-state index contributed by atoms with van der Waals surface area (Å²) in [5.41, 5.74) is 2.15. The van der Waals surface area contributed by atoms with Crippen LogP contribution in [0.15, 0.2) is 41.8 Å². The lowest BCUT2D eigenvalue weighted by Gasteiger charge is -2.14. The van der Waals surface area contributed by atoms with Crippen molar-refractivity contribution >= 4 is 23.7 Å². The molecule has 24 heavy (non-hydrogen) atoms. The second-order valence-corrected chi connectivity index (χ2v) is 7.17. The van der Waals surface area contributed by atoms with E-state index in [0.717, 1.165) is 29.2 Å². The van der Waals surface area contributed by atoms with E-state index in [4.69, 9.17) is 0 Å². The number of carbonyl (C=O) groups excluding carboxylic acids is 2. The summed E-state index contributed by atoms with van der Waals surface area (Å²) in [5, 5.41) is 5.42. The van der Waals surface area contributed by atoms with E-state index in [0.29, 0.717) is 0 Å². The van der Waals surface area contributed by atoms with Crippen LogP contribution in [-0.2, 0) is 4.79 Å². The van der Waals surface area contributed by atoms with E-state index in [2.05, 4.69) is 15.6 Å². The fourth-order valence-electron chi connectivity index (χ4n) is 2.27. The van der Waals surface area contributed by atoms with Crippen molar-refractivity contribution in [2.75, 3.05) is 0 Å². The molecule has 0 radical (unpaired) electrons. The molecule has 0 bridgehead atoms. The van der Waals surface area contributed by atoms with Crippen LogP contribution >= 0.6 is 11.8 Å². The van der Waals surface area contributed by atoms with E-state index < -0.39 is 11.3 Å². The monoisotopic (exact) mass is 344 g/mol. The van der Waals surface area contributed by atoms with Crippen molar-refractivity contribution in [3.05, 3.63) is 42.2 Å². The van der Waals surface area contributed by atoms with E-state index in [9.17, 15) is 9.59 Å². The fourth-order valence-corrected chi connectivity index (χ4v) is 3.14. The summed E-state index contributed by atoms with van der Waals surface area (Å²) in [6, 6.07) is 7.79. The number of hydrogen-bond acceptors (Lipinski definition) is 4. The number of hydrogen-bond donors (Lipinski definition) is 2. The van der Waals surface area contributed by atoms with Crippen LogP contribution in [0.5, 0.6) is 0 Å². The van der Waals surface area contributed by atoms with Crippen molar-refractivity contribution in [3.63, 3.8) is 0 Å². The SMILES string of the molecule is Cc1ccccc1-n1ccnc1SC(C)C(=O)NC(=O)NC1CC1. The lowest BCUT2D eigenvalue weighted by atomic mass is 10.2. The summed E-state index contributed by atoms with van der Waals surface area (Å²) in [6.45, 7) is 3.80. The van der Waals surface area contributed by atoms with E-state index in [-0.39, 0.29) is 11.9 Å². The average molecular weight is 344 g/mol. The van der Waals surface area contributed by atoms with Crippen LogP contribution in [0.3, 0.4) is 0 Å². The largest absolute Gasteiger partial charge is 0.335 e. The molecule has 1 aliphatic carbocycles. The summed E-state index contributed by atoms with van der Waals surface area (Å²) in [4.78, 5) is 28.2. The number of para-hydroxylation sites is 1. The molecule has 1 aromatic heterocycles. The first kappa shape index (κ1) is 16.6. The third-order valence-electron chi connectivity index (χ3n) is 3.78. The number of urea groups is 1. The highest BCUT2D eigenvalue weighted by Gasteiger charge is 2.25. The maximum Gasteiger partial charge on any atom is 0.321 e. The zero-order valence-electron chi connectivity index (χ0n) is 13.7. The Morgan fingerprint density at radius 1 is 1.33 bits per heavy atom. The maximum atomic E-state index is 12.2. The lowest BCUT2D eigenvalue weighted by Crippen LogP contribution is -2.43. The molecular formula is C17H20N4O2S.